The number of amides is 4. The number of nitrogens with zero attached hydrogens (tertiary/aromatic N) is 3. The second kappa shape index (κ2) is 9.71. The highest BCUT2D eigenvalue weighted by molar-refractivity contribution is 7.15. The maximum Gasteiger partial charge on any atom is 0.329 e. The molecule has 3 aromatic rings. The molecule has 0 unspecified atom stereocenters. The van der Waals surface area contributed by atoms with Gasteiger partial charge in [0.05, 0.1) is 5.56 Å². The lowest BCUT2D eigenvalue weighted by atomic mass is 9.96. The van der Waals surface area contributed by atoms with Crippen molar-refractivity contribution in [2.75, 3.05) is 11.9 Å². The standard InChI is InChI=1S/C28H27N5O3S/c1-16-7-6-8-20(11-16)30-25(34)15-32-26(35)23(31-28(32)36)13-19-12-17(2)33(18(19)3)27-22(14-29)21-9-4-5-10-24(21)37-27/h6-8,11-13H,4-5,9-10,15H2,1-3H3,(H,30,34)(H,31,36)/b23-13+. The van der Waals surface area contributed by atoms with Crippen molar-refractivity contribution in [3.8, 4) is 11.1 Å². The largest absolute Gasteiger partial charge is 0.329 e. The Hall–Kier alpha value is -4.16. The first-order valence-electron chi connectivity index (χ1n) is 12.2. The highest BCUT2D eigenvalue weighted by Crippen LogP contribution is 2.38. The number of anilines is 1. The fraction of sp³-hybridized carbons (Fsp3) is 0.286. The second-order valence-corrected chi connectivity index (χ2v) is 10.5. The summed E-state index contributed by atoms with van der Waals surface area (Å²) in [6.45, 7) is 5.43. The van der Waals surface area contributed by atoms with Crippen molar-refractivity contribution in [3.63, 3.8) is 0 Å². The van der Waals surface area contributed by atoms with Crippen LogP contribution in [0.4, 0.5) is 10.5 Å². The molecule has 4 amide bonds. The molecular weight excluding hydrogens is 486 g/mol. The molecule has 37 heavy (non-hydrogen) atoms. The zero-order valence-electron chi connectivity index (χ0n) is 21.0. The van der Waals surface area contributed by atoms with Gasteiger partial charge in [0.1, 0.15) is 23.3 Å². The van der Waals surface area contributed by atoms with Gasteiger partial charge in [0, 0.05) is 22.0 Å². The number of hydrogen-bond donors (Lipinski definition) is 2. The highest BCUT2D eigenvalue weighted by atomic mass is 32.1. The van der Waals surface area contributed by atoms with Crippen LogP contribution in [0.25, 0.3) is 11.1 Å². The predicted molar refractivity (Wildman–Crippen MR) is 143 cm³/mol. The minimum atomic E-state index is -0.637. The molecule has 1 fully saturated rings. The van der Waals surface area contributed by atoms with E-state index in [1.54, 1.807) is 23.5 Å². The summed E-state index contributed by atoms with van der Waals surface area (Å²) in [4.78, 5) is 40.2. The van der Waals surface area contributed by atoms with Crippen molar-refractivity contribution >= 4 is 40.9 Å². The van der Waals surface area contributed by atoms with Gasteiger partial charge in [-0.2, -0.15) is 5.26 Å². The van der Waals surface area contributed by atoms with Crippen molar-refractivity contribution in [1.82, 2.24) is 14.8 Å². The van der Waals surface area contributed by atoms with E-state index in [-0.39, 0.29) is 12.2 Å². The van der Waals surface area contributed by atoms with Gasteiger partial charge in [0.15, 0.2) is 0 Å². The molecule has 1 aliphatic carbocycles. The Bertz CT molecular complexity index is 1520. The number of rotatable bonds is 5. The van der Waals surface area contributed by atoms with Crippen LogP contribution in [0.5, 0.6) is 0 Å². The molecule has 2 aromatic heterocycles. The molecule has 1 aliphatic heterocycles. The van der Waals surface area contributed by atoms with Crippen LogP contribution in [0.1, 0.15) is 51.4 Å². The lowest BCUT2D eigenvalue weighted by Gasteiger charge is -2.12. The van der Waals surface area contributed by atoms with E-state index in [9.17, 15) is 19.6 Å². The number of fused-ring (bicyclic) bond motifs is 1. The number of aryl methyl sites for hydroxylation is 3. The topological polar surface area (TPSA) is 107 Å². The number of carbonyl (C=O) groups is 3. The fourth-order valence-electron chi connectivity index (χ4n) is 5.01. The Labute approximate surface area is 219 Å². The number of nitriles is 1. The van der Waals surface area contributed by atoms with Gasteiger partial charge in [0.2, 0.25) is 5.91 Å². The molecule has 2 N–H and O–H groups in total. The van der Waals surface area contributed by atoms with Gasteiger partial charge in [0.25, 0.3) is 5.91 Å². The van der Waals surface area contributed by atoms with Crippen molar-refractivity contribution < 1.29 is 14.4 Å². The van der Waals surface area contributed by atoms with Crippen molar-refractivity contribution in [2.45, 2.75) is 46.5 Å². The van der Waals surface area contributed by atoms with Crippen LogP contribution in [0, 0.1) is 32.1 Å². The molecule has 2 aliphatic rings. The van der Waals surface area contributed by atoms with Gasteiger partial charge in [-0.1, -0.05) is 12.1 Å². The van der Waals surface area contributed by atoms with Gasteiger partial charge in [-0.15, -0.1) is 11.3 Å². The number of imide groups is 1. The van der Waals surface area contributed by atoms with Crippen molar-refractivity contribution in [1.29, 1.82) is 5.26 Å². The smallest absolute Gasteiger partial charge is 0.325 e. The minimum absolute atomic E-state index is 0.111. The van der Waals surface area contributed by atoms with Crippen LogP contribution < -0.4 is 10.6 Å². The second-order valence-electron chi connectivity index (χ2n) is 9.46. The number of benzene rings is 1. The first kappa shape index (κ1) is 24.5. The molecule has 1 aromatic carbocycles. The lowest BCUT2D eigenvalue weighted by Crippen LogP contribution is -2.38. The number of carbonyl (C=O) groups excluding carboxylic acids is 3. The van der Waals surface area contributed by atoms with Crippen LogP contribution in [-0.4, -0.2) is 33.9 Å². The summed E-state index contributed by atoms with van der Waals surface area (Å²) in [5, 5.41) is 16.1. The number of urea groups is 1. The molecule has 1 saturated heterocycles. The number of thiophene rings is 1. The van der Waals surface area contributed by atoms with Crippen molar-refractivity contribution in [3.05, 3.63) is 74.5 Å². The van der Waals surface area contributed by atoms with E-state index in [1.807, 2.05) is 45.0 Å². The lowest BCUT2D eigenvalue weighted by molar-refractivity contribution is -0.127. The Balaban J connectivity index is 1.39. The predicted octanol–water partition coefficient (Wildman–Crippen LogP) is 4.75. The number of nitrogens with one attached hydrogen (secondary N) is 2. The Morgan fingerprint density at radius 1 is 1.19 bits per heavy atom. The third-order valence-electron chi connectivity index (χ3n) is 6.80. The molecule has 0 radical (unpaired) electrons. The molecule has 188 valence electrons. The molecule has 9 heteroatoms. The normalized spacial score (nSPS) is 16.1. The van der Waals surface area contributed by atoms with Gasteiger partial charge < -0.3 is 15.2 Å². The van der Waals surface area contributed by atoms with Crippen LogP contribution in [-0.2, 0) is 22.4 Å². The van der Waals surface area contributed by atoms with Gasteiger partial charge >= 0.3 is 6.03 Å². The summed E-state index contributed by atoms with van der Waals surface area (Å²) >= 11 is 1.66. The average Bonchev–Trinajstić information content (AvgIpc) is 3.45. The first-order chi connectivity index (χ1) is 17.8. The summed E-state index contributed by atoms with van der Waals surface area (Å²) in [6, 6.07) is 11.0. The SMILES string of the molecule is Cc1cccc(NC(=O)CN2C(=O)N/C(=C/c3cc(C)n(-c4sc5c(c4C#N)CCCC5)c3C)C2=O)c1. The maximum absolute atomic E-state index is 13.0. The van der Waals surface area contributed by atoms with Crippen LogP contribution >= 0.6 is 11.3 Å². The Morgan fingerprint density at radius 3 is 2.73 bits per heavy atom. The first-order valence-corrected chi connectivity index (χ1v) is 13.0. The highest BCUT2D eigenvalue weighted by Gasteiger charge is 2.35. The number of aromatic nitrogens is 1. The van der Waals surface area contributed by atoms with E-state index in [4.69, 9.17) is 0 Å². The third kappa shape index (κ3) is 4.56. The van der Waals surface area contributed by atoms with Crippen LogP contribution in [0.2, 0.25) is 0 Å². The van der Waals surface area contributed by atoms with Crippen LogP contribution in [0.15, 0.2) is 36.0 Å². The zero-order valence-corrected chi connectivity index (χ0v) is 21.8. The van der Waals surface area contributed by atoms with Crippen molar-refractivity contribution in [2.24, 2.45) is 0 Å². The molecular formula is C28H27N5O3S. The summed E-state index contributed by atoms with van der Waals surface area (Å²) in [5.74, 6) is -1.02. The van der Waals surface area contributed by atoms with Gasteiger partial charge in [-0.05, 0) is 87.4 Å². The van der Waals surface area contributed by atoms with E-state index in [2.05, 4.69) is 21.3 Å². The monoisotopic (exact) mass is 513 g/mol. The van der Waals surface area contributed by atoms with E-state index in [1.165, 1.54) is 10.4 Å². The molecule has 0 saturated carbocycles. The molecule has 0 spiro atoms. The van der Waals surface area contributed by atoms with E-state index in [0.717, 1.165) is 63.7 Å². The third-order valence-corrected chi connectivity index (χ3v) is 8.08. The fourth-order valence-corrected chi connectivity index (χ4v) is 6.46. The quantitative estimate of drug-likeness (QED) is 0.379. The Morgan fingerprint density at radius 2 is 1.97 bits per heavy atom. The van der Waals surface area contributed by atoms with E-state index < -0.39 is 17.8 Å². The van der Waals surface area contributed by atoms with Gasteiger partial charge in [-0.3, -0.25) is 9.59 Å². The van der Waals surface area contributed by atoms with E-state index in [0.29, 0.717) is 5.69 Å². The summed E-state index contributed by atoms with van der Waals surface area (Å²) < 4.78 is 2.06. The molecule has 5 rings (SSSR count). The summed E-state index contributed by atoms with van der Waals surface area (Å²) in [5.41, 5.74) is 6.17. The maximum atomic E-state index is 13.0. The zero-order chi connectivity index (χ0) is 26.3. The van der Waals surface area contributed by atoms with Gasteiger partial charge in [-0.25, -0.2) is 9.69 Å². The average molecular weight is 514 g/mol. The molecule has 3 heterocycles. The molecule has 0 bridgehead atoms. The number of hydrogen-bond acceptors (Lipinski definition) is 5. The van der Waals surface area contributed by atoms with E-state index >= 15 is 0 Å². The Kier molecular flexibility index (Phi) is 6.44. The summed E-state index contributed by atoms with van der Waals surface area (Å²) in [7, 11) is 0. The molecule has 8 nitrogen and oxygen atoms in total. The summed E-state index contributed by atoms with van der Waals surface area (Å²) in [6.07, 6.45) is 5.80. The van der Waals surface area contributed by atoms with Crippen LogP contribution in [0.3, 0.4) is 0 Å². The minimum Gasteiger partial charge on any atom is -0.325 e. The molecule has 0 atom stereocenters.